The number of hydrogen-bond acceptors (Lipinski definition) is 6. The predicted octanol–water partition coefficient (Wildman–Crippen LogP) is 2.44. The number of aromatic amines is 1. The number of rotatable bonds is 3. The molecule has 0 aliphatic heterocycles. The molecule has 4 rings (SSSR count). The van der Waals surface area contributed by atoms with Crippen LogP contribution in [0.1, 0.15) is 0 Å². The molecule has 2 aromatic carbocycles. The van der Waals surface area contributed by atoms with Crippen LogP contribution in [0.15, 0.2) is 68.8 Å². The van der Waals surface area contributed by atoms with Crippen LogP contribution >= 0.6 is 0 Å². The molecule has 0 unspecified atom stereocenters. The van der Waals surface area contributed by atoms with Crippen molar-refractivity contribution in [3.63, 3.8) is 0 Å². The van der Waals surface area contributed by atoms with E-state index in [-0.39, 0.29) is 16.2 Å². The third kappa shape index (κ3) is 2.42. The average molecular weight is 342 g/mol. The Morgan fingerprint density at radius 3 is 2.79 bits per heavy atom. The SMILES string of the molecule is O=c1[nH]c2ccc(S(=O)(=O)Oc3cccc4cccnc34)cc2o1. The van der Waals surface area contributed by atoms with Gasteiger partial charge in [-0.2, -0.15) is 8.42 Å². The summed E-state index contributed by atoms with van der Waals surface area (Å²) in [6, 6.07) is 12.6. The molecular formula is C16H10N2O5S. The first-order chi connectivity index (χ1) is 11.5. The number of oxazole rings is 1. The zero-order chi connectivity index (χ0) is 16.7. The predicted molar refractivity (Wildman–Crippen MR) is 86.4 cm³/mol. The maximum Gasteiger partial charge on any atom is 0.417 e. The minimum absolute atomic E-state index is 0.120. The lowest BCUT2D eigenvalue weighted by molar-refractivity contribution is 0.487. The first-order valence-electron chi connectivity index (χ1n) is 6.94. The van der Waals surface area contributed by atoms with Crippen LogP contribution in [0.2, 0.25) is 0 Å². The molecule has 0 spiro atoms. The second kappa shape index (κ2) is 5.20. The fourth-order valence-electron chi connectivity index (χ4n) is 2.39. The molecule has 4 aromatic rings. The summed E-state index contributed by atoms with van der Waals surface area (Å²) >= 11 is 0. The van der Waals surface area contributed by atoms with E-state index < -0.39 is 15.9 Å². The quantitative estimate of drug-likeness (QED) is 0.574. The van der Waals surface area contributed by atoms with E-state index in [9.17, 15) is 13.2 Å². The number of nitrogens with zero attached hydrogens (tertiary/aromatic N) is 1. The van der Waals surface area contributed by atoms with Gasteiger partial charge >= 0.3 is 15.9 Å². The van der Waals surface area contributed by atoms with E-state index in [0.29, 0.717) is 11.0 Å². The van der Waals surface area contributed by atoms with Gasteiger partial charge in [0.15, 0.2) is 11.3 Å². The van der Waals surface area contributed by atoms with Crippen LogP contribution in [0, 0.1) is 0 Å². The number of fused-ring (bicyclic) bond motifs is 2. The Morgan fingerprint density at radius 1 is 1.08 bits per heavy atom. The van der Waals surface area contributed by atoms with Crippen molar-refractivity contribution in [3.05, 3.63) is 65.3 Å². The van der Waals surface area contributed by atoms with E-state index in [1.807, 2.05) is 12.1 Å². The standard InChI is InChI=1S/C16H10N2O5S/c19-16-18-12-7-6-11(9-14(12)22-16)24(20,21)23-13-5-1-3-10-4-2-8-17-15(10)13/h1-9H,(H,18,19). The number of H-pyrrole nitrogens is 1. The smallest absolute Gasteiger partial charge is 0.408 e. The first-order valence-corrected chi connectivity index (χ1v) is 8.35. The van der Waals surface area contributed by atoms with Gasteiger partial charge in [0.05, 0.1) is 5.52 Å². The van der Waals surface area contributed by atoms with Gasteiger partial charge in [0.25, 0.3) is 0 Å². The van der Waals surface area contributed by atoms with E-state index in [1.54, 1.807) is 18.3 Å². The Labute approximate surface area is 135 Å². The second-order valence-electron chi connectivity index (χ2n) is 5.04. The van der Waals surface area contributed by atoms with E-state index in [4.69, 9.17) is 8.60 Å². The fourth-order valence-corrected chi connectivity index (χ4v) is 3.34. The van der Waals surface area contributed by atoms with Crippen LogP contribution in [-0.2, 0) is 10.1 Å². The normalized spacial score (nSPS) is 11.8. The number of nitrogens with one attached hydrogen (secondary N) is 1. The van der Waals surface area contributed by atoms with Crippen molar-refractivity contribution in [2.24, 2.45) is 0 Å². The lowest BCUT2D eigenvalue weighted by Gasteiger charge is -2.08. The van der Waals surface area contributed by atoms with Gasteiger partial charge in [-0.15, -0.1) is 0 Å². The van der Waals surface area contributed by atoms with Crippen LogP contribution < -0.4 is 9.94 Å². The second-order valence-corrected chi connectivity index (χ2v) is 6.59. The largest absolute Gasteiger partial charge is 0.417 e. The van der Waals surface area contributed by atoms with E-state index in [1.165, 1.54) is 24.3 Å². The van der Waals surface area contributed by atoms with Crippen molar-refractivity contribution in [2.75, 3.05) is 0 Å². The molecule has 0 bridgehead atoms. The molecule has 0 aliphatic rings. The van der Waals surface area contributed by atoms with Crippen LogP contribution in [0.3, 0.4) is 0 Å². The molecule has 120 valence electrons. The summed E-state index contributed by atoms with van der Waals surface area (Å²) in [4.78, 5) is 17.7. The van der Waals surface area contributed by atoms with Gasteiger partial charge < -0.3 is 8.60 Å². The molecule has 0 saturated heterocycles. The van der Waals surface area contributed by atoms with E-state index in [2.05, 4.69) is 9.97 Å². The van der Waals surface area contributed by atoms with Crippen LogP contribution in [-0.4, -0.2) is 18.4 Å². The molecule has 2 heterocycles. The molecule has 1 N–H and O–H groups in total. The highest BCUT2D eigenvalue weighted by Crippen LogP contribution is 2.27. The summed E-state index contributed by atoms with van der Waals surface area (Å²) in [6.45, 7) is 0. The number of pyridine rings is 1. The highest BCUT2D eigenvalue weighted by atomic mass is 32.2. The molecule has 0 radical (unpaired) electrons. The minimum atomic E-state index is -4.10. The minimum Gasteiger partial charge on any atom is -0.408 e. The zero-order valence-corrected chi connectivity index (χ0v) is 12.9. The fraction of sp³-hybridized carbons (Fsp3) is 0. The van der Waals surface area contributed by atoms with Crippen molar-refractivity contribution in [1.82, 2.24) is 9.97 Å². The third-order valence-electron chi connectivity index (χ3n) is 3.48. The zero-order valence-electron chi connectivity index (χ0n) is 12.1. The van der Waals surface area contributed by atoms with Crippen LogP contribution in [0.25, 0.3) is 22.0 Å². The number of para-hydroxylation sites is 1. The van der Waals surface area contributed by atoms with E-state index in [0.717, 1.165) is 5.39 Å². The number of benzene rings is 2. The Morgan fingerprint density at radius 2 is 1.92 bits per heavy atom. The molecule has 0 amide bonds. The monoisotopic (exact) mass is 342 g/mol. The summed E-state index contributed by atoms with van der Waals surface area (Å²) in [5.74, 6) is -0.526. The van der Waals surface area contributed by atoms with Gasteiger partial charge in [-0.1, -0.05) is 18.2 Å². The maximum atomic E-state index is 12.5. The lowest BCUT2D eigenvalue weighted by Crippen LogP contribution is -2.10. The third-order valence-corrected chi connectivity index (χ3v) is 4.71. The summed E-state index contributed by atoms with van der Waals surface area (Å²) in [6.07, 6.45) is 1.56. The number of aromatic nitrogens is 2. The van der Waals surface area contributed by atoms with E-state index >= 15 is 0 Å². The Bertz CT molecular complexity index is 1220. The summed E-state index contributed by atoms with van der Waals surface area (Å²) < 4.78 is 35.1. The highest BCUT2D eigenvalue weighted by Gasteiger charge is 2.20. The summed E-state index contributed by atoms with van der Waals surface area (Å²) in [7, 11) is -4.10. The van der Waals surface area contributed by atoms with Crippen molar-refractivity contribution in [3.8, 4) is 5.75 Å². The van der Waals surface area contributed by atoms with Crippen LogP contribution in [0.5, 0.6) is 5.75 Å². The van der Waals surface area contributed by atoms with Gasteiger partial charge in [0.1, 0.15) is 10.4 Å². The van der Waals surface area contributed by atoms with Gasteiger partial charge in [0, 0.05) is 17.6 Å². The van der Waals surface area contributed by atoms with Crippen molar-refractivity contribution < 1.29 is 17.0 Å². The van der Waals surface area contributed by atoms with Gasteiger partial charge in [-0.05, 0) is 24.3 Å². The molecule has 0 saturated carbocycles. The Kier molecular flexibility index (Phi) is 3.14. The van der Waals surface area contributed by atoms with Crippen molar-refractivity contribution in [1.29, 1.82) is 0 Å². The maximum absolute atomic E-state index is 12.5. The topological polar surface area (TPSA) is 102 Å². The molecule has 24 heavy (non-hydrogen) atoms. The average Bonchev–Trinajstić information content (AvgIpc) is 2.94. The molecule has 0 fully saturated rings. The molecule has 7 nitrogen and oxygen atoms in total. The Balaban J connectivity index is 1.80. The van der Waals surface area contributed by atoms with Crippen molar-refractivity contribution >= 4 is 32.1 Å². The highest BCUT2D eigenvalue weighted by molar-refractivity contribution is 7.87. The van der Waals surface area contributed by atoms with Gasteiger partial charge in [-0.3, -0.25) is 9.97 Å². The molecular weight excluding hydrogens is 332 g/mol. The number of hydrogen-bond donors (Lipinski definition) is 1. The van der Waals surface area contributed by atoms with Gasteiger partial charge in [0.2, 0.25) is 0 Å². The van der Waals surface area contributed by atoms with Gasteiger partial charge in [-0.25, -0.2) is 4.79 Å². The molecule has 0 atom stereocenters. The molecule has 0 aliphatic carbocycles. The first kappa shape index (κ1) is 14.5. The van der Waals surface area contributed by atoms with Crippen molar-refractivity contribution in [2.45, 2.75) is 4.90 Å². The molecule has 2 aromatic heterocycles. The lowest BCUT2D eigenvalue weighted by atomic mass is 10.2. The summed E-state index contributed by atoms with van der Waals surface area (Å²) in [5.41, 5.74) is 0.990. The summed E-state index contributed by atoms with van der Waals surface area (Å²) in [5, 5.41) is 0.761. The molecule has 8 heteroatoms. The Hall–Kier alpha value is -3.13. The van der Waals surface area contributed by atoms with Crippen LogP contribution in [0.4, 0.5) is 0 Å².